The van der Waals surface area contributed by atoms with E-state index in [0.717, 1.165) is 5.56 Å². The molecule has 0 bridgehead atoms. The number of carboxylic acids is 1. The van der Waals surface area contributed by atoms with Gasteiger partial charge in [-0.15, -0.1) is 0 Å². The van der Waals surface area contributed by atoms with Crippen LogP contribution in [0.15, 0.2) is 34.8 Å². The van der Waals surface area contributed by atoms with Crippen molar-refractivity contribution in [2.24, 2.45) is 0 Å². The standard InChI is InChI=1S/C16H15BrO4/c1-9-10(2)15(13(17)14(18)12(9)16(19)20)21-8-11-6-4-3-5-7-11/h3-7,18H,8H2,1-2H3,(H,19,20). The molecule has 0 heterocycles. The number of hydrogen-bond acceptors (Lipinski definition) is 3. The van der Waals surface area contributed by atoms with E-state index >= 15 is 0 Å². The average Bonchev–Trinajstić information content (AvgIpc) is 2.46. The summed E-state index contributed by atoms with van der Waals surface area (Å²) in [6.45, 7) is 3.76. The molecule has 0 saturated heterocycles. The Morgan fingerprint density at radius 2 is 1.81 bits per heavy atom. The van der Waals surface area contributed by atoms with Crippen molar-refractivity contribution in [3.05, 3.63) is 57.1 Å². The van der Waals surface area contributed by atoms with Crippen molar-refractivity contribution in [1.29, 1.82) is 0 Å². The summed E-state index contributed by atoms with van der Waals surface area (Å²) >= 11 is 3.22. The van der Waals surface area contributed by atoms with Gasteiger partial charge in [-0.05, 0) is 46.5 Å². The number of rotatable bonds is 4. The van der Waals surface area contributed by atoms with Crippen molar-refractivity contribution in [2.45, 2.75) is 20.5 Å². The van der Waals surface area contributed by atoms with Crippen molar-refractivity contribution in [3.8, 4) is 11.5 Å². The molecule has 4 nitrogen and oxygen atoms in total. The number of phenols is 1. The molecule has 110 valence electrons. The molecule has 0 aliphatic rings. The highest BCUT2D eigenvalue weighted by atomic mass is 79.9. The van der Waals surface area contributed by atoms with Crippen molar-refractivity contribution in [2.75, 3.05) is 0 Å². The van der Waals surface area contributed by atoms with Gasteiger partial charge in [-0.2, -0.15) is 0 Å². The number of benzene rings is 2. The molecule has 0 aliphatic carbocycles. The molecule has 0 saturated carbocycles. The monoisotopic (exact) mass is 350 g/mol. The maximum absolute atomic E-state index is 11.2. The smallest absolute Gasteiger partial charge is 0.339 e. The minimum absolute atomic E-state index is 0.105. The topological polar surface area (TPSA) is 66.8 Å². The summed E-state index contributed by atoms with van der Waals surface area (Å²) in [6.07, 6.45) is 0. The van der Waals surface area contributed by atoms with E-state index in [-0.39, 0.29) is 15.8 Å². The Labute approximate surface area is 131 Å². The Morgan fingerprint density at radius 3 is 2.38 bits per heavy atom. The van der Waals surface area contributed by atoms with Gasteiger partial charge in [0.25, 0.3) is 0 Å². The number of carboxylic acid groups (broad SMARTS) is 1. The third-order valence-electron chi connectivity index (χ3n) is 3.36. The molecule has 0 aliphatic heterocycles. The number of aromatic carboxylic acids is 1. The first kappa shape index (κ1) is 15.4. The Morgan fingerprint density at radius 1 is 1.19 bits per heavy atom. The van der Waals surface area contributed by atoms with E-state index in [1.165, 1.54) is 0 Å². The van der Waals surface area contributed by atoms with Gasteiger partial charge < -0.3 is 14.9 Å². The highest BCUT2D eigenvalue weighted by Gasteiger charge is 2.23. The Hall–Kier alpha value is -2.01. The van der Waals surface area contributed by atoms with Gasteiger partial charge in [0.15, 0.2) is 0 Å². The second-order valence-electron chi connectivity index (χ2n) is 4.70. The Kier molecular flexibility index (Phi) is 4.53. The van der Waals surface area contributed by atoms with E-state index in [4.69, 9.17) is 4.74 Å². The van der Waals surface area contributed by atoms with Crippen LogP contribution < -0.4 is 4.74 Å². The van der Waals surface area contributed by atoms with Crippen molar-refractivity contribution in [1.82, 2.24) is 0 Å². The van der Waals surface area contributed by atoms with Gasteiger partial charge in [-0.25, -0.2) is 4.79 Å². The number of halogens is 1. The second-order valence-corrected chi connectivity index (χ2v) is 5.49. The fourth-order valence-electron chi connectivity index (χ4n) is 2.08. The van der Waals surface area contributed by atoms with Gasteiger partial charge in [-0.3, -0.25) is 0 Å². The lowest BCUT2D eigenvalue weighted by Gasteiger charge is -2.17. The maximum atomic E-state index is 11.2. The van der Waals surface area contributed by atoms with Crippen molar-refractivity contribution in [3.63, 3.8) is 0 Å². The molecule has 5 heteroatoms. The van der Waals surface area contributed by atoms with Gasteiger partial charge in [0.2, 0.25) is 0 Å². The molecule has 0 radical (unpaired) electrons. The zero-order valence-electron chi connectivity index (χ0n) is 11.7. The molecular weight excluding hydrogens is 336 g/mol. The molecule has 0 aromatic heterocycles. The second kappa shape index (κ2) is 6.18. The summed E-state index contributed by atoms with van der Waals surface area (Å²) in [5.41, 5.74) is 2.06. The molecular formula is C16H15BrO4. The van der Waals surface area contributed by atoms with Crippen molar-refractivity contribution >= 4 is 21.9 Å². The molecule has 0 amide bonds. The minimum Gasteiger partial charge on any atom is -0.506 e. The zero-order valence-corrected chi connectivity index (χ0v) is 13.3. The van der Waals surface area contributed by atoms with Gasteiger partial charge in [0.1, 0.15) is 28.1 Å². The van der Waals surface area contributed by atoms with Crippen LogP contribution in [-0.4, -0.2) is 16.2 Å². The number of ether oxygens (including phenoxy) is 1. The summed E-state index contributed by atoms with van der Waals surface area (Å²) in [6, 6.07) is 9.61. The largest absolute Gasteiger partial charge is 0.506 e. The highest BCUT2D eigenvalue weighted by Crippen LogP contribution is 2.42. The predicted molar refractivity (Wildman–Crippen MR) is 83.0 cm³/mol. The van der Waals surface area contributed by atoms with Crippen LogP contribution in [-0.2, 0) is 6.61 Å². The van der Waals surface area contributed by atoms with Crippen LogP contribution in [0.1, 0.15) is 27.0 Å². The van der Waals surface area contributed by atoms with Crippen LogP contribution in [0, 0.1) is 13.8 Å². The van der Waals surface area contributed by atoms with E-state index < -0.39 is 5.97 Å². The lowest BCUT2D eigenvalue weighted by Crippen LogP contribution is -2.06. The third-order valence-corrected chi connectivity index (χ3v) is 4.10. The van der Waals surface area contributed by atoms with Crippen LogP contribution in [0.3, 0.4) is 0 Å². The highest BCUT2D eigenvalue weighted by molar-refractivity contribution is 9.10. The van der Waals surface area contributed by atoms with E-state index in [9.17, 15) is 15.0 Å². The third kappa shape index (κ3) is 3.03. The molecule has 2 rings (SSSR count). The molecule has 0 unspecified atom stereocenters. The first-order valence-electron chi connectivity index (χ1n) is 6.35. The predicted octanol–water partition coefficient (Wildman–Crippen LogP) is 4.05. The van der Waals surface area contributed by atoms with Crippen LogP contribution >= 0.6 is 15.9 Å². The molecule has 0 fully saturated rings. The normalized spacial score (nSPS) is 10.4. The van der Waals surface area contributed by atoms with E-state index in [1.54, 1.807) is 13.8 Å². The molecule has 2 aromatic rings. The van der Waals surface area contributed by atoms with Gasteiger partial charge >= 0.3 is 5.97 Å². The summed E-state index contributed by atoms with van der Waals surface area (Å²) in [4.78, 5) is 11.2. The summed E-state index contributed by atoms with van der Waals surface area (Å²) < 4.78 is 6.01. The SMILES string of the molecule is Cc1c(C)c(C(=O)O)c(O)c(Br)c1OCc1ccccc1. The molecule has 0 spiro atoms. The minimum atomic E-state index is -1.16. The summed E-state index contributed by atoms with van der Waals surface area (Å²) in [5.74, 6) is -1.02. The fourth-order valence-corrected chi connectivity index (χ4v) is 2.69. The van der Waals surface area contributed by atoms with E-state index in [0.29, 0.717) is 23.5 Å². The van der Waals surface area contributed by atoms with Gasteiger partial charge in [-0.1, -0.05) is 30.3 Å². The number of carbonyl (C=O) groups is 1. The number of hydrogen-bond donors (Lipinski definition) is 2. The zero-order chi connectivity index (χ0) is 15.6. The summed E-state index contributed by atoms with van der Waals surface area (Å²) in [5, 5.41) is 19.2. The Bertz CT molecular complexity index is 651. The molecule has 21 heavy (non-hydrogen) atoms. The van der Waals surface area contributed by atoms with Crippen LogP contribution in [0.2, 0.25) is 0 Å². The molecule has 2 aromatic carbocycles. The fraction of sp³-hybridized carbons (Fsp3) is 0.188. The van der Waals surface area contributed by atoms with E-state index in [1.807, 2.05) is 30.3 Å². The van der Waals surface area contributed by atoms with Gasteiger partial charge in [0.05, 0.1) is 0 Å². The van der Waals surface area contributed by atoms with Crippen molar-refractivity contribution < 1.29 is 19.7 Å². The van der Waals surface area contributed by atoms with E-state index in [2.05, 4.69) is 15.9 Å². The van der Waals surface area contributed by atoms with Crippen LogP contribution in [0.25, 0.3) is 0 Å². The summed E-state index contributed by atoms with van der Waals surface area (Å²) in [7, 11) is 0. The maximum Gasteiger partial charge on any atom is 0.339 e. The van der Waals surface area contributed by atoms with Crippen LogP contribution in [0.5, 0.6) is 11.5 Å². The van der Waals surface area contributed by atoms with Crippen LogP contribution in [0.4, 0.5) is 0 Å². The lowest BCUT2D eigenvalue weighted by molar-refractivity contribution is 0.0692. The Balaban J connectivity index is 2.39. The lowest BCUT2D eigenvalue weighted by atomic mass is 10.0. The molecule has 2 N–H and O–H groups in total. The number of aromatic hydroxyl groups is 1. The molecule has 0 atom stereocenters. The average molecular weight is 351 g/mol. The van der Waals surface area contributed by atoms with Gasteiger partial charge in [0, 0.05) is 0 Å². The first-order chi connectivity index (χ1) is 9.93. The quantitative estimate of drug-likeness (QED) is 0.872. The first-order valence-corrected chi connectivity index (χ1v) is 7.14.